The van der Waals surface area contributed by atoms with Crippen LogP contribution in [-0.2, 0) is 22.4 Å². The smallest absolute Gasteiger partial charge is 0.338 e. The van der Waals surface area contributed by atoms with Crippen LogP contribution in [0.3, 0.4) is 0 Å². The Labute approximate surface area is 201 Å². The van der Waals surface area contributed by atoms with Gasteiger partial charge in [-0.15, -0.1) is 0 Å². The molecule has 0 atom stereocenters. The number of aromatic nitrogens is 2. The van der Waals surface area contributed by atoms with Gasteiger partial charge in [0.2, 0.25) is 10.0 Å². The number of benzene rings is 3. The molecule has 0 spiro atoms. The van der Waals surface area contributed by atoms with E-state index in [1.165, 1.54) is 19.2 Å². The molecule has 5 nitrogen and oxygen atoms in total. The van der Waals surface area contributed by atoms with Crippen molar-refractivity contribution in [2.24, 2.45) is 0 Å². The number of rotatable bonds is 5. The second kappa shape index (κ2) is 9.10. The predicted octanol–water partition coefficient (Wildman–Crippen LogP) is 6.35. The van der Waals surface area contributed by atoms with Crippen LogP contribution in [0.1, 0.15) is 22.5 Å². The second-order valence-electron chi connectivity index (χ2n) is 7.69. The third-order valence-electron chi connectivity index (χ3n) is 5.36. The molecule has 0 aliphatic carbocycles. The van der Waals surface area contributed by atoms with Crippen molar-refractivity contribution < 1.29 is 34.8 Å². The summed E-state index contributed by atoms with van der Waals surface area (Å²) in [6.07, 6.45) is -7.66. The number of sulfonamides is 1. The Kier molecular flexibility index (Phi) is 6.43. The molecule has 3 aromatic carbocycles. The first-order valence-corrected chi connectivity index (χ1v) is 11.8. The molecule has 12 heteroatoms. The van der Waals surface area contributed by atoms with Crippen molar-refractivity contribution in [3.63, 3.8) is 0 Å². The standard InChI is InChI=1S/C24H17F6N3O2S/c1-31-36(34,35)21-5-3-2-4-17(21)15-7-10-19-20(12-15)33-22(32-19)11-8-14-6-9-16(23(25,26)27)13-18(14)24(28,29)30/h2-13,31H,1H3,(H,32,33)/b11-8+. The lowest BCUT2D eigenvalue weighted by Gasteiger charge is -2.14. The van der Waals surface area contributed by atoms with Crippen molar-refractivity contribution in [2.45, 2.75) is 17.2 Å². The Bertz CT molecular complexity index is 1570. The van der Waals surface area contributed by atoms with Crippen LogP contribution < -0.4 is 4.72 Å². The zero-order valence-electron chi connectivity index (χ0n) is 18.4. The molecule has 188 valence electrons. The number of hydrogen-bond acceptors (Lipinski definition) is 3. The summed E-state index contributed by atoms with van der Waals surface area (Å²) in [6.45, 7) is 0. The Morgan fingerprint density at radius 2 is 1.61 bits per heavy atom. The Morgan fingerprint density at radius 3 is 2.28 bits per heavy atom. The highest BCUT2D eigenvalue weighted by molar-refractivity contribution is 7.89. The number of alkyl halides is 6. The van der Waals surface area contributed by atoms with E-state index in [9.17, 15) is 34.8 Å². The molecule has 1 aromatic heterocycles. The molecule has 0 saturated carbocycles. The fourth-order valence-corrected chi connectivity index (χ4v) is 4.57. The number of H-pyrrole nitrogens is 1. The van der Waals surface area contributed by atoms with Gasteiger partial charge in [0.15, 0.2) is 0 Å². The summed E-state index contributed by atoms with van der Waals surface area (Å²) < 4.78 is 106. The normalized spacial score (nSPS) is 13.1. The average molecular weight is 525 g/mol. The number of hydrogen-bond donors (Lipinski definition) is 2. The summed E-state index contributed by atoms with van der Waals surface area (Å²) >= 11 is 0. The van der Waals surface area contributed by atoms with E-state index >= 15 is 0 Å². The van der Waals surface area contributed by atoms with Crippen LogP contribution >= 0.6 is 0 Å². The molecule has 36 heavy (non-hydrogen) atoms. The maximum Gasteiger partial charge on any atom is 0.417 e. The lowest BCUT2D eigenvalue weighted by Crippen LogP contribution is -2.19. The molecule has 0 radical (unpaired) electrons. The largest absolute Gasteiger partial charge is 0.417 e. The number of fused-ring (bicyclic) bond motifs is 1. The van der Waals surface area contributed by atoms with Gasteiger partial charge in [0, 0.05) is 5.56 Å². The minimum atomic E-state index is -5.00. The number of aromatic amines is 1. The quantitative estimate of drug-likeness (QED) is 0.299. The zero-order valence-corrected chi connectivity index (χ0v) is 19.2. The van der Waals surface area contributed by atoms with E-state index in [-0.39, 0.29) is 16.8 Å². The van der Waals surface area contributed by atoms with Crippen LogP contribution in [-0.4, -0.2) is 25.4 Å². The molecule has 0 aliphatic rings. The van der Waals surface area contributed by atoms with E-state index < -0.39 is 39.1 Å². The van der Waals surface area contributed by atoms with Gasteiger partial charge in [-0.1, -0.05) is 36.4 Å². The molecule has 0 amide bonds. The highest BCUT2D eigenvalue weighted by Crippen LogP contribution is 2.38. The van der Waals surface area contributed by atoms with Crippen LogP contribution in [0.5, 0.6) is 0 Å². The van der Waals surface area contributed by atoms with Crippen molar-refractivity contribution >= 4 is 33.2 Å². The number of halogens is 6. The molecule has 1 heterocycles. The highest BCUT2D eigenvalue weighted by Gasteiger charge is 2.37. The average Bonchev–Trinajstić information content (AvgIpc) is 3.23. The molecule has 0 aliphatic heterocycles. The lowest BCUT2D eigenvalue weighted by molar-refractivity contribution is -0.143. The molecule has 0 bridgehead atoms. The zero-order chi connectivity index (χ0) is 26.3. The predicted molar refractivity (Wildman–Crippen MR) is 123 cm³/mol. The topological polar surface area (TPSA) is 74.8 Å². The summed E-state index contributed by atoms with van der Waals surface area (Å²) in [5.74, 6) is 0.159. The van der Waals surface area contributed by atoms with Gasteiger partial charge in [0.1, 0.15) is 5.82 Å². The van der Waals surface area contributed by atoms with Gasteiger partial charge < -0.3 is 4.98 Å². The van der Waals surface area contributed by atoms with Gasteiger partial charge in [0.05, 0.1) is 27.1 Å². The highest BCUT2D eigenvalue weighted by atomic mass is 32.2. The van der Waals surface area contributed by atoms with Crippen molar-refractivity contribution in [2.75, 3.05) is 7.05 Å². The van der Waals surface area contributed by atoms with Crippen molar-refractivity contribution in [1.82, 2.24) is 14.7 Å². The summed E-state index contributed by atoms with van der Waals surface area (Å²) in [5.41, 5.74) is -1.36. The van der Waals surface area contributed by atoms with Crippen LogP contribution in [0.4, 0.5) is 26.3 Å². The van der Waals surface area contributed by atoms with Gasteiger partial charge in [0.25, 0.3) is 0 Å². The molecule has 2 N–H and O–H groups in total. The Morgan fingerprint density at radius 1 is 0.889 bits per heavy atom. The van der Waals surface area contributed by atoms with E-state index in [0.29, 0.717) is 28.2 Å². The van der Waals surface area contributed by atoms with Crippen molar-refractivity contribution in [1.29, 1.82) is 0 Å². The monoisotopic (exact) mass is 525 g/mol. The molecule has 0 unspecified atom stereocenters. The SMILES string of the molecule is CNS(=O)(=O)c1ccccc1-c1ccc2nc(/C=C/c3ccc(C(F)(F)F)cc3C(F)(F)F)[nH]c2c1. The first-order valence-electron chi connectivity index (χ1n) is 10.3. The van der Waals surface area contributed by atoms with Gasteiger partial charge in [-0.05, 0) is 54.6 Å². The summed E-state index contributed by atoms with van der Waals surface area (Å²) in [4.78, 5) is 7.25. The van der Waals surface area contributed by atoms with Gasteiger partial charge in [-0.3, -0.25) is 0 Å². The lowest BCUT2D eigenvalue weighted by atomic mass is 10.0. The van der Waals surface area contributed by atoms with Crippen LogP contribution in [0.2, 0.25) is 0 Å². The Hall–Kier alpha value is -3.64. The van der Waals surface area contributed by atoms with E-state index in [1.807, 2.05) is 0 Å². The Balaban J connectivity index is 1.72. The van der Waals surface area contributed by atoms with Crippen LogP contribution in [0.25, 0.3) is 34.3 Å². The first kappa shape index (κ1) is 25.5. The van der Waals surface area contributed by atoms with E-state index in [2.05, 4.69) is 14.7 Å². The van der Waals surface area contributed by atoms with E-state index in [0.717, 1.165) is 12.1 Å². The first-order chi connectivity index (χ1) is 16.8. The van der Waals surface area contributed by atoms with Crippen LogP contribution in [0, 0.1) is 0 Å². The third kappa shape index (κ3) is 5.14. The third-order valence-corrected chi connectivity index (χ3v) is 6.84. The number of nitrogens with one attached hydrogen (secondary N) is 2. The molecular weight excluding hydrogens is 508 g/mol. The maximum atomic E-state index is 13.4. The number of imidazole rings is 1. The van der Waals surface area contributed by atoms with E-state index in [1.54, 1.807) is 36.4 Å². The molecule has 4 rings (SSSR count). The van der Waals surface area contributed by atoms with Gasteiger partial charge in [-0.2, -0.15) is 26.3 Å². The molecule has 0 saturated heterocycles. The summed E-state index contributed by atoms with van der Waals surface area (Å²) in [6, 6.07) is 12.7. The fraction of sp³-hybridized carbons (Fsp3) is 0.125. The fourth-order valence-electron chi connectivity index (χ4n) is 3.62. The molecule has 0 fully saturated rings. The van der Waals surface area contributed by atoms with Crippen LogP contribution in [0.15, 0.2) is 65.6 Å². The van der Waals surface area contributed by atoms with Gasteiger partial charge >= 0.3 is 12.4 Å². The summed E-state index contributed by atoms with van der Waals surface area (Å²) in [7, 11) is -2.45. The van der Waals surface area contributed by atoms with E-state index in [4.69, 9.17) is 0 Å². The maximum absolute atomic E-state index is 13.4. The molecule has 4 aromatic rings. The minimum Gasteiger partial charge on any atom is -0.338 e. The number of nitrogens with zero attached hydrogens (tertiary/aromatic N) is 1. The van der Waals surface area contributed by atoms with Gasteiger partial charge in [-0.25, -0.2) is 18.1 Å². The second-order valence-corrected chi connectivity index (χ2v) is 9.54. The minimum absolute atomic E-state index is 0.0634. The van der Waals surface area contributed by atoms with Crippen molar-refractivity contribution in [3.8, 4) is 11.1 Å². The summed E-state index contributed by atoms with van der Waals surface area (Å²) in [5, 5.41) is 0. The molecular formula is C24H17F6N3O2S. The van der Waals surface area contributed by atoms with Crippen molar-refractivity contribution in [3.05, 3.63) is 83.2 Å².